The molecule has 0 bridgehead atoms. The number of esters is 1. The molecule has 0 aliphatic rings. The standard InChI is InChI=1S/C30H33NO5/c1-30(2,3)36-28(32)14-13-23-17-25(29(33)31-16-15-22-9-6-5-7-10-22)20-27(18-23)35-21-24-11-8-12-26(19-24)34-4/h5-14,17-20H,15-16,21H2,1-4H3,(H,31,33)/b14-13+. The van der Waals surface area contributed by atoms with Gasteiger partial charge in [0.2, 0.25) is 0 Å². The summed E-state index contributed by atoms with van der Waals surface area (Å²) in [6.07, 6.45) is 3.70. The van der Waals surface area contributed by atoms with Crippen LogP contribution in [0.2, 0.25) is 0 Å². The van der Waals surface area contributed by atoms with Gasteiger partial charge in [-0.3, -0.25) is 4.79 Å². The summed E-state index contributed by atoms with van der Waals surface area (Å²) in [4.78, 5) is 25.1. The summed E-state index contributed by atoms with van der Waals surface area (Å²) in [6.45, 7) is 6.23. The molecule has 0 unspecified atom stereocenters. The van der Waals surface area contributed by atoms with E-state index in [9.17, 15) is 9.59 Å². The Morgan fingerprint density at radius 2 is 1.64 bits per heavy atom. The normalized spacial score (nSPS) is 11.2. The summed E-state index contributed by atoms with van der Waals surface area (Å²) in [6, 6.07) is 22.7. The fourth-order valence-corrected chi connectivity index (χ4v) is 3.43. The van der Waals surface area contributed by atoms with Crippen LogP contribution in [0.15, 0.2) is 78.9 Å². The molecule has 0 saturated carbocycles. The van der Waals surface area contributed by atoms with Crippen molar-refractivity contribution in [1.82, 2.24) is 5.32 Å². The van der Waals surface area contributed by atoms with Gasteiger partial charge in [-0.15, -0.1) is 0 Å². The van der Waals surface area contributed by atoms with E-state index >= 15 is 0 Å². The van der Waals surface area contributed by atoms with Crippen LogP contribution < -0.4 is 14.8 Å². The number of carbonyl (C=O) groups excluding carboxylic acids is 2. The molecule has 0 atom stereocenters. The largest absolute Gasteiger partial charge is 0.497 e. The summed E-state index contributed by atoms with van der Waals surface area (Å²) in [5.74, 6) is 0.574. The Labute approximate surface area is 212 Å². The predicted octanol–water partition coefficient (Wildman–Crippen LogP) is 5.60. The number of hydrogen-bond acceptors (Lipinski definition) is 5. The van der Waals surface area contributed by atoms with Crippen molar-refractivity contribution in [3.05, 3.63) is 101 Å². The van der Waals surface area contributed by atoms with Crippen LogP contribution in [-0.2, 0) is 22.6 Å². The molecule has 0 saturated heterocycles. The van der Waals surface area contributed by atoms with E-state index in [1.54, 1.807) is 31.4 Å². The van der Waals surface area contributed by atoms with Gasteiger partial charge in [-0.1, -0.05) is 42.5 Å². The van der Waals surface area contributed by atoms with Crippen LogP contribution in [0.1, 0.15) is 47.8 Å². The summed E-state index contributed by atoms with van der Waals surface area (Å²) in [5.41, 5.74) is 2.58. The van der Waals surface area contributed by atoms with Crippen LogP contribution in [0.5, 0.6) is 11.5 Å². The highest BCUT2D eigenvalue weighted by molar-refractivity contribution is 5.95. The molecule has 0 aliphatic heterocycles. The first-order valence-electron chi connectivity index (χ1n) is 11.9. The molecule has 0 radical (unpaired) electrons. The molecule has 1 amide bonds. The number of nitrogens with one attached hydrogen (secondary N) is 1. The van der Waals surface area contributed by atoms with Crippen LogP contribution in [0.3, 0.4) is 0 Å². The Hall–Kier alpha value is -4.06. The maximum atomic E-state index is 12.9. The maximum Gasteiger partial charge on any atom is 0.331 e. The molecule has 36 heavy (non-hydrogen) atoms. The quantitative estimate of drug-likeness (QED) is 0.298. The van der Waals surface area contributed by atoms with Crippen LogP contribution in [0, 0.1) is 0 Å². The van der Waals surface area contributed by atoms with E-state index in [0.29, 0.717) is 30.0 Å². The van der Waals surface area contributed by atoms with E-state index in [0.717, 1.165) is 23.3 Å². The van der Waals surface area contributed by atoms with Crippen LogP contribution >= 0.6 is 0 Å². The molecule has 0 fully saturated rings. The van der Waals surface area contributed by atoms with Gasteiger partial charge >= 0.3 is 5.97 Å². The van der Waals surface area contributed by atoms with E-state index in [-0.39, 0.29) is 5.91 Å². The molecule has 188 valence electrons. The molecule has 1 N–H and O–H groups in total. The predicted molar refractivity (Wildman–Crippen MR) is 141 cm³/mol. The smallest absolute Gasteiger partial charge is 0.331 e. The van der Waals surface area contributed by atoms with E-state index in [2.05, 4.69) is 5.32 Å². The van der Waals surface area contributed by atoms with Crippen molar-refractivity contribution >= 4 is 18.0 Å². The van der Waals surface area contributed by atoms with E-state index in [4.69, 9.17) is 14.2 Å². The number of ether oxygens (including phenoxy) is 3. The lowest BCUT2D eigenvalue weighted by atomic mass is 10.1. The molecule has 0 heterocycles. The molecule has 3 rings (SSSR count). The Morgan fingerprint density at radius 3 is 2.36 bits per heavy atom. The summed E-state index contributed by atoms with van der Waals surface area (Å²) in [5, 5.41) is 2.96. The van der Waals surface area contributed by atoms with Crippen molar-refractivity contribution < 1.29 is 23.8 Å². The first kappa shape index (κ1) is 26.5. The van der Waals surface area contributed by atoms with Gasteiger partial charge in [0.05, 0.1) is 7.11 Å². The number of rotatable bonds is 10. The average Bonchev–Trinajstić information content (AvgIpc) is 2.86. The van der Waals surface area contributed by atoms with Gasteiger partial charge in [0, 0.05) is 18.2 Å². The Kier molecular flexibility index (Phi) is 9.28. The number of methoxy groups -OCH3 is 1. The van der Waals surface area contributed by atoms with Crippen LogP contribution in [0.25, 0.3) is 6.08 Å². The third-order valence-corrected chi connectivity index (χ3v) is 5.09. The first-order valence-corrected chi connectivity index (χ1v) is 11.9. The van der Waals surface area contributed by atoms with E-state index < -0.39 is 11.6 Å². The fourth-order valence-electron chi connectivity index (χ4n) is 3.43. The Morgan fingerprint density at radius 1 is 0.889 bits per heavy atom. The van der Waals surface area contributed by atoms with Crippen molar-refractivity contribution in [2.75, 3.05) is 13.7 Å². The second-order valence-electron chi connectivity index (χ2n) is 9.29. The lowest BCUT2D eigenvalue weighted by molar-refractivity contribution is -0.148. The third kappa shape index (κ3) is 8.95. The lowest BCUT2D eigenvalue weighted by Gasteiger charge is -2.18. The van der Waals surface area contributed by atoms with Gasteiger partial charge in [-0.25, -0.2) is 4.79 Å². The second-order valence-corrected chi connectivity index (χ2v) is 9.29. The highest BCUT2D eigenvalue weighted by Crippen LogP contribution is 2.21. The monoisotopic (exact) mass is 487 g/mol. The minimum absolute atomic E-state index is 0.218. The molecular formula is C30H33NO5. The molecule has 6 heteroatoms. The van der Waals surface area contributed by atoms with Crippen molar-refractivity contribution in [2.24, 2.45) is 0 Å². The van der Waals surface area contributed by atoms with Gasteiger partial charge in [0.1, 0.15) is 23.7 Å². The lowest BCUT2D eigenvalue weighted by Crippen LogP contribution is -2.25. The summed E-state index contributed by atoms with van der Waals surface area (Å²) in [7, 11) is 1.61. The van der Waals surface area contributed by atoms with Gasteiger partial charge in [0.15, 0.2) is 0 Å². The van der Waals surface area contributed by atoms with Crippen molar-refractivity contribution in [1.29, 1.82) is 0 Å². The van der Waals surface area contributed by atoms with Crippen LogP contribution in [-0.4, -0.2) is 31.1 Å². The van der Waals surface area contributed by atoms with Crippen molar-refractivity contribution in [2.45, 2.75) is 39.4 Å². The highest BCUT2D eigenvalue weighted by atomic mass is 16.6. The van der Waals surface area contributed by atoms with Crippen molar-refractivity contribution in [3.8, 4) is 11.5 Å². The molecule has 0 spiro atoms. The zero-order chi connectivity index (χ0) is 26.0. The number of hydrogen-bond donors (Lipinski definition) is 1. The summed E-state index contributed by atoms with van der Waals surface area (Å²) >= 11 is 0. The summed E-state index contributed by atoms with van der Waals surface area (Å²) < 4.78 is 16.6. The minimum Gasteiger partial charge on any atom is -0.497 e. The minimum atomic E-state index is -0.590. The molecule has 3 aromatic carbocycles. The van der Waals surface area contributed by atoms with Gasteiger partial charge in [0.25, 0.3) is 5.91 Å². The zero-order valence-electron chi connectivity index (χ0n) is 21.2. The zero-order valence-corrected chi connectivity index (χ0v) is 21.2. The van der Waals surface area contributed by atoms with Gasteiger partial charge in [-0.2, -0.15) is 0 Å². The average molecular weight is 488 g/mol. The number of carbonyl (C=O) groups is 2. The third-order valence-electron chi connectivity index (χ3n) is 5.09. The van der Waals surface area contributed by atoms with Crippen molar-refractivity contribution in [3.63, 3.8) is 0 Å². The highest BCUT2D eigenvalue weighted by Gasteiger charge is 2.14. The van der Waals surface area contributed by atoms with Crippen LogP contribution in [0.4, 0.5) is 0 Å². The molecular weight excluding hydrogens is 454 g/mol. The maximum absolute atomic E-state index is 12.9. The SMILES string of the molecule is COc1cccc(COc2cc(/C=C/C(=O)OC(C)(C)C)cc(C(=O)NCCc3ccccc3)c2)c1. The van der Waals surface area contributed by atoms with Gasteiger partial charge < -0.3 is 19.5 Å². The molecule has 6 nitrogen and oxygen atoms in total. The van der Waals surface area contributed by atoms with E-state index in [1.165, 1.54) is 6.08 Å². The van der Waals surface area contributed by atoms with Gasteiger partial charge in [-0.05, 0) is 80.3 Å². The fraction of sp³-hybridized carbons (Fsp3) is 0.267. The molecule has 0 aliphatic carbocycles. The molecule has 0 aromatic heterocycles. The van der Waals surface area contributed by atoms with E-state index in [1.807, 2.05) is 75.4 Å². The first-order chi connectivity index (χ1) is 17.2. The number of amides is 1. The Bertz CT molecular complexity index is 1200. The topological polar surface area (TPSA) is 73.9 Å². The second kappa shape index (κ2) is 12.6. The Balaban J connectivity index is 1.75. The number of benzene rings is 3. The molecule has 3 aromatic rings.